The first-order valence-corrected chi connectivity index (χ1v) is 7.37. The first-order valence-electron chi connectivity index (χ1n) is 7.37. The summed E-state index contributed by atoms with van der Waals surface area (Å²) in [4.78, 5) is 16.1. The van der Waals surface area contributed by atoms with E-state index in [-0.39, 0.29) is 18.7 Å². The van der Waals surface area contributed by atoms with E-state index in [1.165, 1.54) is 0 Å². The second kappa shape index (κ2) is 6.80. The number of benzene rings is 1. The van der Waals surface area contributed by atoms with Gasteiger partial charge in [-0.1, -0.05) is 13.0 Å². The van der Waals surface area contributed by atoms with E-state index in [4.69, 9.17) is 9.47 Å². The molecule has 0 N–H and O–H groups in total. The minimum absolute atomic E-state index is 0.146. The fourth-order valence-electron chi connectivity index (χ4n) is 2.17. The van der Waals surface area contributed by atoms with Gasteiger partial charge in [-0.3, -0.25) is 9.69 Å². The molecular formula is C16H24N2O3. The predicted octanol–water partition coefficient (Wildman–Crippen LogP) is 2.10. The zero-order valence-corrected chi connectivity index (χ0v) is 13.3. The van der Waals surface area contributed by atoms with Crippen molar-refractivity contribution in [3.05, 3.63) is 23.8 Å². The summed E-state index contributed by atoms with van der Waals surface area (Å²) in [5.41, 5.74) is 1.13. The Kier molecular flexibility index (Phi) is 5.07. The molecule has 21 heavy (non-hydrogen) atoms. The van der Waals surface area contributed by atoms with Crippen molar-refractivity contribution < 1.29 is 14.3 Å². The van der Waals surface area contributed by atoms with Crippen molar-refractivity contribution in [1.82, 2.24) is 9.80 Å². The van der Waals surface area contributed by atoms with E-state index in [9.17, 15) is 4.79 Å². The number of carbonyl (C=O) groups excluding carboxylic acids is 1. The Bertz CT molecular complexity index is 502. The Labute approximate surface area is 126 Å². The molecule has 5 heteroatoms. The van der Waals surface area contributed by atoms with Crippen LogP contribution in [0.15, 0.2) is 18.2 Å². The molecule has 0 aromatic heterocycles. The number of rotatable bonds is 6. The average molecular weight is 292 g/mol. The number of fused-ring (bicyclic) bond motifs is 1. The van der Waals surface area contributed by atoms with Gasteiger partial charge in [0.2, 0.25) is 12.7 Å². The Morgan fingerprint density at radius 3 is 2.67 bits per heavy atom. The minimum Gasteiger partial charge on any atom is -0.454 e. The molecule has 1 aromatic rings. The van der Waals surface area contributed by atoms with Crippen molar-refractivity contribution in [3.8, 4) is 11.5 Å². The first-order chi connectivity index (χ1) is 10.0. The van der Waals surface area contributed by atoms with Crippen LogP contribution in [0.3, 0.4) is 0 Å². The molecule has 0 fully saturated rings. The molecule has 0 saturated heterocycles. The van der Waals surface area contributed by atoms with Gasteiger partial charge in [0, 0.05) is 19.6 Å². The summed E-state index contributed by atoms with van der Waals surface area (Å²) >= 11 is 0. The molecule has 1 aliphatic heterocycles. The lowest BCUT2D eigenvalue weighted by Gasteiger charge is -2.26. The summed E-state index contributed by atoms with van der Waals surface area (Å²) in [5.74, 6) is 1.72. The largest absolute Gasteiger partial charge is 0.454 e. The van der Waals surface area contributed by atoms with Gasteiger partial charge in [0.25, 0.3) is 0 Å². The van der Waals surface area contributed by atoms with E-state index in [2.05, 4.69) is 11.8 Å². The molecule has 0 aliphatic carbocycles. The van der Waals surface area contributed by atoms with Crippen LogP contribution < -0.4 is 9.47 Å². The van der Waals surface area contributed by atoms with E-state index in [1.807, 2.05) is 39.1 Å². The molecule has 0 spiro atoms. The summed E-state index contributed by atoms with van der Waals surface area (Å²) in [6, 6.07) is 6.16. The van der Waals surface area contributed by atoms with Gasteiger partial charge >= 0.3 is 0 Å². The quantitative estimate of drug-likeness (QED) is 0.805. The predicted molar refractivity (Wildman–Crippen MR) is 81.4 cm³/mol. The molecule has 0 radical (unpaired) electrons. The second-order valence-corrected chi connectivity index (χ2v) is 5.59. The van der Waals surface area contributed by atoms with Crippen LogP contribution in [0.2, 0.25) is 0 Å². The highest BCUT2D eigenvalue weighted by Crippen LogP contribution is 2.32. The van der Waals surface area contributed by atoms with Crippen LogP contribution in [0.25, 0.3) is 0 Å². The monoisotopic (exact) mass is 292 g/mol. The van der Waals surface area contributed by atoms with Crippen molar-refractivity contribution in [2.45, 2.75) is 33.4 Å². The molecule has 1 heterocycles. The van der Waals surface area contributed by atoms with E-state index in [0.29, 0.717) is 6.54 Å². The third kappa shape index (κ3) is 3.88. The van der Waals surface area contributed by atoms with Gasteiger partial charge in [-0.25, -0.2) is 0 Å². The van der Waals surface area contributed by atoms with Crippen LogP contribution in [0.5, 0.6) is 11.5 Å². The maximum absolute atomic E-state index is 12.2. The van der Waals surface area contributed by atoms with Gasteiger partial charge in [-0.15, -0.1) is 0 Å². The topological polar surface area (TPSA) is 42.0 Å². The van der Waals surface area contributed by atoms with Gasteiger partial charge in [0.1, 0.15) is 0 Å². The molecule has 2 rings (SSSR count). The molecule has 0 bridgehead atoms. The summed E-state index contributed by atoms with van der Waals surface area (Å²) in [6.45, 7) is 8.37. The number of hydrogen-bond donors (Lipinski definition) is 0. The van der Waals surface area contributed by atoms with Gasteiger partial charge in [0.15, 0.2) is 11.5 Å². The SMILES string of the molecule is CCN(CC(=O)N(C)C(C)C)Cc1ccc2c(c1)OCO2. The van der Waals surface area contributed by atoms with Crippen molar-refractivity contribution in [1.29, 1.82) is 0 Å². The molecule has 0 unspecified atom stereocenters. The van der Waals surface area contributed by atoms with Crippen LogP contribution in [-0.2, 0) is 11.3 Å². The lowest BCUT2D eigenvalue weighted by atomic mass is 10.2. The second-order valence-electron chi connectivity index (χ2n) is 5.59. The zero-order valence-electron chi connectivity index (χ0n) is 13.3. The molecular weight excluding hydrogens is 268 g/mol. The van der Waals surface area contributed by atoms with Crippen molar-refractivity contribution in [2.75, 3.05) is 26.9 Å². The summed E-state index contributed by atoms with van der Waals surface area (Å²) in [5, 5.41) is 0. The Balaban J connectivity index is 1.97. The van der Waals surface area contributed by atoms with E-state index < -0.39 is 0 Å². The van der Waals surface area contributed by atoms with Gasteiger partial charge in [-0.2, -0.15) is 0 Å². The van der Waals surface area contributed by atoms with Gasteiger partial charge < -0.3 is 14.4 Å². The van der Waals surface area contributed by atoms with Crippen LogP contribution >= 0.6 is 0 Å². The smallest absolute Gasteiger partial charge is 0.236 e. The van der Waals surface area contributed by atoms with Crippen molar-refractivity contribution in [3.63, 3.8) is 0 Å². The number of ether oxygens (including phenoxy) is 2. The molecule has 1 amide bonds. The molecule has 0 saturated carbocycles. The Morgan fingerprint density at radius 1 is 1.29 bits per heavy atom. The maximum atomic E-state index is 12.2. The van der Waals surface area contributed by atoms with E-state index in [0.717, 1.165) is 30.2 Å². The number of hydrogen-bond acceptors (Lipinski definition) is 4. The highest BCUT2D eigenvalue weighted by molar-refractivity contribution is 5.78. The van der Waals surface area contributed by atoms with Crippen LogP contribution in [0.4, 0.5) is 0 Å². The number of amides is 1. The van der Waals surface area contributed by atoms with Crippen LogP contribution in [-0.4, -0.2) is 48.7 Å². The van der Waals surface area contributed by atoms with E-state index >= 15 is 0 Å². The molecule has 0 atom stereocenters. The third-order valence-electron chi connectivity index (χ3n) is 3.82. The number of likely N-dealkylation sites (N-methyl/N-ethyl adjacent to an activating group) is 2. The Hall–Kier alpha value is -1.75. The highest BCUT2D eigenvalue weighted by Gasteiger charge is 2.17. The maximum Gasteiger partial charge on any atom is 0.236 e. The van der Waals surface area contributed by atoms with Crippen molar-refractivity contribution in [2.24, 2.45) is 0 Å². The lowest BCUT2D eigenvalue weighted by molar-refractivity contribution is -0.132. The minimum atomic E-state index is 0.146. The lowest BCUT2D eigenvalue weighted by Crippen LogP contribution is -2.41. The van der Waals surface area contributed by atoms with Crippen LogP contribution in [0, 0.1) is 0 Å². The fraction of sp³-hybridized carbons (Fsp3) is 0.562. The highest BCUT2D eigenvalue weighted by atomic mass is 16.7. The molecule has 1 aromatic carbocycles. The summed E-state index contributed by atoms with van der Waals surface area (Å²) in [6.07, 6.45) is 0. The van der Waals surface area contributed by atoms with E-state index in [1.54, 1.807) is 4.90 Å². The van der Waals surface area contributed by atoms with Gasteiger partial charge in [0.05, 0.1) is 6.54 Å². The average Bonchev–Trinajstić information content (AvgIpc) is 2.92. The number of nitrogens with zero attached hydrogens (tertiary/aromatic N) is 2. The van der Waals surface area contributed by atoms with Crippen LogP contribution in [0.1, 0.15) is 26.3 Å². The zero-order chi connectivity index (χ0) is 15.4. The third-order valence-corrected chi connectivity index (χ3v) is 3.82. The summed E-state index contributed by atoms with van der Waals surface area (Å²) < 4.78 is 10.7. The summed E-state index contributed by atoms with van der Waals surface area (Å²) in [7, 11) is 1.85. The normalized spacial score (nSPS) is 13.0. The fourth-order valence-corrected chi connectivity index (χ4v) is 2.17. The molecule has 5 nitrogen and oxygen atoms in total. The molecule has 1 aliphatic rings. The standard InChI is InChI=1S/C16H24N2O3/c1-5-18(10-16(19)17(4)12(2)3)9-13-6-7-14-15(8-13)21-11-20-14/h6-8,12H,5,9-11H2,1-4H3. The first kappa shape index (κ1) is 15.6. The van der Waals surface area contributed by atoms with Gasteiger partial charge in [-0.05, 0) is 38.1 Å². The van der Waals surface area contributed by atoms with Crippen molar-refractivity contribution >= 4 is 5.91 Å². The Morgan fingerprint density at radius 2 is 2.00 bits per heavy atom. The number of carbonyl (C=O) groups is 1. The molecule has 116 valence electrons.